The SMILES string of the molecule is COc1ccc([C@@]23CC[C@H](NC(=S)NCCc4ccccc4)C[C@H]2N(Cc2ccccc2)CC3)cc1OC. The maximum absolute atomic E-state index is 5.72. The van der Waals surface area contributed by atoms with Crippen LogP contribution in [0.15, 0.2) is 78.9 Å². The average molecular weight is 530 g/mol. The first-order valence-corrected chi connectivity index (χ1v) is 14.1. The van der Waals surface area contributed by atoms with Crippen molar-refractivity contribution in [2.24, 2.45) is 0 Å². The topological polar surface area (TPSA) is 45.8 Å². The van der Waals surface area contributed by atoms with Crippen molar-refractivity contribution in [2.45, 2.75) is 56.1 Å². The third kappa shape index (κ3) is 5.82. The number of methoxy groups -OCH3 is 2. The van der Waals surface area contributed by atoms with Gasteiger partial charge in [0.25, 0.3) is 0 Å². The number of benzene rings is 3. The molecule has 1 aliphatic carbocycles. The summed E-state index contributed by atoms with van der Waals surface area (Å²) in [5.74, 6) is 1.59. The van der Waals surface area contributed by atoms with E-state index in [1.165, 1.54) is 16.7 Å². The molecule has 0 amide bonds. The maximum Gasteiger partial charge on any atom is 0.166 e. The molecule has 0 spiro atoms. The molecule has 3 atom stereocenters. The van der Waals surface area contributed by atoms with Crippen molar-refractivity contribution in [1.82, 2.24) is 15.5 Å². The smallest absolute Gasteiger partial charge is 0.166 e. The molecule has 5 nitrogen and oxygen atoms in total. The molecule has 2 N–H and O–H groups in total. The Hall–Kier alpha value is -3.09. The summed E-state index contributed by atoms with van der Waals surface area (Å²) in [5.41, 5.74) is 4.14. The van der Waals surface area contributed by atoms with Crippen LogP contribution in [-0.2, 0) is 18.4 Å². The number of fused-ring (bicyclic) bond motifs is 1. The number of nitrogens with zero attached hydrogens (tertiary/aromatic N) is 1. The predicted octanol–water partition coefficient (Wildman–Crippen LogP) is 5.48. The van der Waals surface area contributed by atoms with Crippen LogP contribution in [0.2, 0.25) is 0 Å². The standard InChI is InChI=1S/C32H39N3O2S/c1-36-28-14-13-26(21-29(28)37-2)32-17-15-27(34-31(38)33-19-16-24-9-5-3-6-10-24)22-30(32)35(20-18-32)23-25-11-7-4-8-12-25/h3-14,21,27,30H,15-20,22-23H2,1-2H3,(H2,33,34,38)/t27-,30+,32-/m0/s1. The summed E-state index contributed by atoms with van der Waals surface area (Å²) in [4.78, 5) is 2.69. The van der Waals surface area contributed by atoms with Crippen molar-refractivity contribution in [3.05, 3.63) is 95.6 Å². The molecule has 1 heterocycles. The Balaban J connectivity index is 1.31. The maximum atomic E-state index is 5.72. The summed E-state index contributed by atoms with van der Waals surface area (Å²) in [5, 5.41) is 7.86. The monoisotopic (exact) mass is 529 g/mol. The Kier molecular flexibility index (Phi) is 8.50. The zero-order valence-electron chi connectivity index (χ0n) is 22.5. The van der Waals surface area contributed by atoms with Gasteiger partial charge in [0.15, 0.2) is 16.6 Å². The van der Waals surface area contributed by atoms with E-state index >= 15 is 0 Å². The van der Waals surface area contributed by atoms with E-state index in [1.807, 2.05) is 0 Å². The summed E-state index contributed by atoms with van der Waals surface area (Å²) < 4.78 is 11.2. The van der Waals surface area contributed by atoms with E-state index in [9.17, 15) is 0 Å². The van der Waals surface area contributed by atoms with Gasteiger partial charge in [-0.2, -0.15) is 0 Å². The highest BCUT2D eigenvalue weighted by Crippen LogP contribution is 2.50. The second kappa shape index (κ2) is 12.2. The molecular weight excluding hydrogens is 490 g/mol. The van der Waals surface area contributed by atoms with Gasteiger partial charge >= 0.3 is 0 Å². The molecule has 3 aromatic rings. The second-order valence-corrected chi connectivity index (χ2v) is 11.0. The fourth-order valence-corrected chi connectivity index (χ4v) is 6.74. The lowest BCUT2D eigenvalue weighted by atomic mass is 9.65. The van der Waals surface area contributed by atoms with Crippen LogP contribution in [0.1, 0.15) is 42.4 Å². The minimum Gasteiger partial charge on any atom is -0.493 e. The van der Waals surface area contributed by atoms with E-state index in [0.717, 1.165) is 68.3 Å². The van der Waals surface area contributed by atoms with Gasteiger partial charge in [-0.05, 0) is 79.7 Å². The predicted molar refractivity (Wildman–Crippen MR) is 158 cm³/mol. The molecule has 38 heavy (non-hydrogen) atoms. The van der Waals surface area contributed by atoms with E-state index in [4.69, 9.17) is 21.7 Å². The first-order chi connectivity index (χ1) is 18.6. The van der Waals surface area contributed by atoms with Crippen molar-refractivity contribution in [3.8, 4) is 11.5 Å². The van der Waals surface area contributed by atoms with Crippen LogP contribution >= 0.6 is 12.2 Å². The Bertz CT molecular complexity index is 1210. The highest BCUT2D eigenvalue weighted by molar-refractivity contribution is 7.80. The zero-order chi connectivity index (χ0) is 26.4. The first-order valence-electron chi connectivity index (χ1n) is 13.7. The molecule has 1 saturated heterocycles. The van der Waals surface area contributed by atoms with Gasteiger partial charge in [-0.3, -0.25) is 4.90 Å². The minimum absolute atomic E-state index is 0.0921. The normalized spacial score (nSPS) is 22.9. The Morgan fingerprint density at radius 2 is 1.63 bits per heavy atom. The molecule has 0 aromatic heterocycles. The van der Waals surface area contributed by atoms with E-state index in [0.29, 0.717) is 12.1 Å². The molecule has 3 aromatic carbocycles. The summed E-state index contributed by atoms with van der Waals surface area (Å²) in [6.45, 7) is 2.88. The highest BCUT2D eigenvalue weighted by Gasteiger charge is 2.51. The van der Waals surface area contributed by atoms with Crippen LogP contribution in [-0.4, -0.2) is 49.4 Å². The van der Waals surface area contributed by atoms with Gasteiger partial charge in [-0.1, -0.05) is 66.7 Å². The van der Waals surface area contributed by atoms with Crippen molar-refractivity contribution in [2.75, 3.05) is 27.3 Å². The lowest BCUT2D eigenvalue weighted by Crippen LogP contribution is -2.53. The molecule has 2 fully saturated rings. The van der Waals surface area contributed by atoms with E-state index in [-0.39, 0.29) is 5.41 Å². The molecule has 200 valence electrons. The van der Waals surface area contributed by atoms with Crippen molar-refractivity contribution in [1.29, 1.82) is 0 Å². The van der Waals surface area contributed by atoms with Crippen molar-refractivity contribution in [3.63, 3.8) is 0 Å². The van der Waals surface area contributed by atoms with Crippen LogP contribution in [0.3, 0.4) is 0 Å². The summed E-state index contributed by atoms with van der Waals surface area (Å²) in [7, 11) is 3.42. The summed E-state index contributed by atoms with van der Waals surface area (Å²) in [6, 6.07) is 28.7. The number of ether oxygens (including phenoxy) is 2. The van der Waals surface area contributed by atoms with E-state index in [1.54, 1.807) is 14.2 Å². The van der Waals surface area contributed by atoms with Crippen molar-refractivity contribution >= 4 is 17.3 Å². The van der Waals surface area contributed by atoms with Gasteiger partial charge in [0.2, 0.25) is 0 Å². The lowest BCUT2D eigenvalue weighted by Gasteiger charge is -2.46. The highest BCUT2D eigenvalue weighted by atomic mass is 32.1. The van der Waals surface area contributed by atoms with Crippen LogP contribution in [0, 0.1) is 0 Å². The number of thiocarbonyl (C=S) groups is 1. The number of nitrogens with one attached hydrogen (secondary N) is 2. The zero-order valence-corrected chi connectivity index (χ0v) is 23.3. The van der Waals surface area contributed by atoms with Gasteiger partial charge in [0.05, 0.1) is 14.2 Å². The Labute approximate surface area is 232 Å². The second-order valence-electron chi connectivity index (χ2n) is 10.6. The fourth-order valence-electron chi connectivity index (χ4n) is 6.47. The Morgan fingerprint density at radius 1 is 0.921 bits per heavy atom. The molecule has 0 unspecified atom stereocenters. The average Bonchev–Trinajstić information content (AvgIpc) is 3.32. The first kappa shape index (κ1) is 26.5. The number of hydrogen-bond donors (Lipinski definition) is 2. The van der Waals surface area contributed by atoms with Crippen LogP contribution in [0.25, 0.3) is 0 Å². The summed E-state index contributed by atoms with van der Waals surface area (Å²) in [6.07, 6.45) is 5.37. The number of likely N-dealkylation sites (tertiary alicyclic amines) is 1. The van der Waals surface area contributed by atoms with Crippen LogP contribution in [0.5, 0.6) is 11.5 Å². The largest absolute Gasteiger partial charge is 0.493 e. The minimum atomic E-state index is 0.0921. The van der Waals surface area contributed by atoms with Crippen molar-refractivity contribution < 1.29 is 9.47 Å². The van der Waals surface area contributed by atoms with E-state index < -0.39 is 0 Å². The van der Waals surface area contributed by atoms with E-state index in [2.05, 4.69) is 94.4 Å². The molecule has 1 aliphatic heterocycles. The van der Waals surface area contributed by atoms with Crippen LogP contribution in [0.4, 0.5) is 0 Å². The number of hydrogen-bond acceptors (Lipinski definition) is 4. The number of rotatable bonds is 9. The molecule has 5 rings (SSSR count). The quantitative estimate of drug-likeness (QED) is 0.358. The van der Waals surface area contributed by atoms with Gasteiger partial charge < -0.3 is 20.1 Å². The lowest BCUT2D eigenvalue weighted by molar-refractivity contribution is 0.134. The van der Waals surface area contributed by atoms with Gasteiger partial charge in [0, 0.05) is 30.6 Å². The van der Waals surface area contributed by atoms with Crippen LogP contribution < -0.4 is 20.1 Å². The fraction of sp³-hybridized carbons (Fsp3) is 0.406. The third-order valence-electron chi connectivity index (χ3n) is 8.43. The molecule has 1 saturated carbocycles. The molecule has 0 bridgehead atoms. The van der Waals surface area contributed by atoms with Gasteiger partial charge in [-0.25, -0.2) is 0 Å². The third-order valence-corrected chi connectivity index (χ3v) is 8.70. The molecule has 0 radical (unpaired) electrons. The molecule has 2 aliphatic rings. The van der Waals surface area contributed by atoms with Gasteiger partial charge in [-0.15, -0.1) is 0 Å². The molecule has 6 heteroatoms. The molecular formula is C32H39N3O2S. The van der Waals surface area contributed by atoms with Gasteiger partial charge in [0.1, 0.15) is 0 Å². The summed E-state index contributed by atoms with van der Waals surface area (Å²) >= 11 is 5.72. The Morgan fingerprint density at radius 3 is 2.34 bits per heavy atom.